The third-order valence-corrected chi connectivity index (χ3v) is 3.85. The normalized spacial score (nSPS) is 11.1. The summed E-state index contributed by atoms with van der Waals surface area (Å²) in [7, 11) is -3.82. The number of sulfonamides is 1. The lowest BCUT2D eigenvalue weighted by Crippen LogP contribution is -2.15. The van der Waals surface area contributed by atoms with Gasteiger partial charge in [0.15, 0.2) is 0 Å². The van der Waals surface area contributed by atoms with Crippen molar-refractivity contribution in [2.45, 2.75) is 11.8 Å². The summed E-state index contributed by atoms with van der Waals surface area (Å²) < 4.78 is 26.5. The molecule has 0 amide bonds. The van der Waals surface area contributed by atoms with E-state index in [-0.39, 0.29) is 15.9 Å². The predicted octanol–water partition coefficient (Wildman–Crippen LogP) is 1.76. The van der Waals surface area contributed by atoms with Crippen LogP contribution >= 0.6 is 11.6 Å². The van der Waals surface area contributed by atoms with Crippen molar-refractivity contribution in [3.8, 4) is 0 Å². The lowest BCUT2D eigenvalue weighted by molar-refractivity contribution is 0.600. The van der Waals surface area contributed by atoms with Gasteiger partial charge in [0.25, 0.3) is 10.0 Å². The summed E-state index contributed by atoms with van der Waals surface area (Å²) in [5.41, 5.74) is 0. The molecule has 2 aromatic heterocycles. The average Bonchev–Trinajstić information content (AvgIpc) is 2.42. The quantitative estimate of drug-likeness (QED) is 0.873. The second-order valence-electron chi connectivity index (χ2n) is 3.71. The van der Waals surface area contributed by atoms with Gasteiger partial charge in [-0.25, -0.2) is 28.1 Å². The maximum atomic E-state index is 12.1. The van der Waals surface area contributed by atoms with Gasteiger partial charge in [0.2, 0.25) is 5.95 Å². The van der Waals surface area contributed by atoms with Crippen molar-refractivity contribution in [2.75, 3.05) is 16.6 Å². The summed E-state index contributed by atoms with van der Waals surface area (Å²) in [6, 6.07) is 2.90. The van der Waals surface area contributed by atoms with Crippen molar-refractivity contribution in [3.05, 3.63) is 35.7 Å². The Hall–Kier alpha value is -1.93. The Morgan fingerprint density at radius 2 is 1.95 bits per heavy atom. The minimum Gasteiger partial charge on any atom is -0.369 e. The highest BCUT2D eigenvalue weighted by atomic mass is 35.5. The monoisotopic (exact) mass is 313 g/mol. The first-order chi connectivity index (χ1) is 9.53. The molecule has 0 aliphatic heterocycles. The van der Waals surface area contributed by atoms with Crippen molar-refractivity contribution >= 4 is 33.4 Å². The van der Waals surface area contributed by atoms with Crippen molar-refractivity contribution in [1.29, 1.82) is 0 Å². The van der Waals surface area contributed by atoms with Gasteiger partial charge in [-0.3, -0.25) is 0 Å². The molecule has 0 aliphatic carbocycles. The third kappa shape index (κ3) is 3.34. The van der Waals surface area contributed by atoms with Crippen LogP contribution in [0.15, 0.2) is 35.6 Å². The molecule has 0 bridgehead atoms. The van der Waals surface area contributed by atoms with Gasteiger partial charge in [0.1, 0.15) is 10.7 Å². The first-order valence-corrected chi connectivity index (χ1v) is 7.58. The summed E-state index contributed by atoms with van der Waals surface area (Å²) in [4.78, 5) is 11.5. The summed E-state index contributed by atoms with van der Waals surface area (Å²) >= 11 is 5.97. The fourth-order valence-electron chi connectivity index (χ4n) is 1.40. The van der Waals surface area contributed by atoms with Gasteiger partial charge in [-0.2, -0.15) is 0 Å². The smallest absolute Gasteiger partial charge is 0.265 e. The van der Waals surface area contributed by atoms with Gasteiger partial charge >= 0.3 is 0 Å². The standard InChI is InChI=1S/C11H12ClN5O2S/c1-2-13-10-9(12)6-8(7-16-10)20(18,19)17-11-14-4-3-5-15-11/h3-7H,2H2,1H3,(H,13,16)(H,14,15,17). The highest BCUT2D eigenvalue weighted by Gasteiger charge is 2.17. The van der Waals surface area contributed by atoms with Crippen molar-refractivity contribution in [2.24, 2.45) is 0 Å². The number of rotatable bonds is 5. The summed E-state index contributed by atoms with van der Waals surface area (Å²) in [5, 5.41) is 3.15. The first-order valence-electron chi connectivity index (χ1n) is 5.72. The molecule has 0 spiro atoms. The predicted molar refractivity (Wildman–Crippen MR) is 76.3 cm³/mol. The molecule has 2 N–H and O–H groups in total. The Morgan fingerprint density at radius 3 is 2.55 bits per heavy atom. The van der Waals surface area contributed by atoms with E-state index in [9.17, 15) is 8.42 Å². The van der Waals surface area contributed by atoms with Crippen LogP contribution in [0.4, 0.5) is 11.8 Å². The van der Waals surface area contributed by atoms with E-state index in [2.05, 4.69) is 25.0 Å². The minimum absolute atomic E-state index is 0.0145. The van der Waals surface area contributed by atoms with E-state index in [0.717, 1.165) is 0 Å². The lowest BCUT2D eigenvalue weighted by atomic mass is 10.4. The second-order valence-corrected chi connectivity index (χ2v) is 5.80. The molecular formula is C11H12ClN5O2S. The van der Waals surface area contributed by atoms with E-state index in [1.807, 2.05) is 6.92 Å². The van der Waals surface area contributed by atoms with Crippen molar-refractivity contribution < 1.29 is 8.42 Å². The van der Waals surface area contributed by atoms with Crippen LogP contribution in [0.2, 0.25) is 5.02 Å². The van der Waals surface area contributed by atoms with Gasteiger partial charge < -0.3 is 5.32 Å². The molecule has 0 fully saturated rings. The molecule has 2 aromatic rings. The molecule has 0 atom stereocenters. The third-order valence-electron chi connectivity index (χ3n) is 2.26. The number of hydrogen-bond donors (Lipinski definition) is 2. The Balaban J connectivity index is 2.28. The van der Waals surface area contributed by atoms with E-state index in [1.165, 1.54) is 24.7 Å². The van der Waals surface area contributed by atoms with E-state index >= 15 is 0 Å². The Morgan fingerprint density at radius 1 is 1.25 bits per heavy atom. The molecule has 0 radical (unpaired) electrons. The number of pyridine rings is 1. The zero-order valence-electron chi connectivity index (χ0n) is 10.5. The lowest BCUT2D eigenvalue weighted by Gasteiger charge is -2.08. The SMILES string of the molecule is CCNc1ncc(S(=O)(=O)Nc2ncccn2)cc1Cl. The van der Waals surface area contributed by atoms with Crippen molar-refractivity contribution in [1.82, 2.24) is 15.0 Å². The van der Waals surface area contributed by atoms with E-state index < -0.39 is 10.0 Å². The van der Waals surface area contributed by atoms with E-state index in [4.69, 9.17) is 11.6 Å². The second kappa shape index (κ2) is 6.02. The Kier molecular flexibility index (Phi) is 4.35. The molecule has 106 valence electrons. The van der Waals surface area contributed by atoms with Crippen LogP contribution in [-0.2, 0) is 10.0 Å². The number of hydrogen-bond acceptors (Lipinski definition) is 6. The maximum absolute atomic E-state index is 12.1. The maximum Gasteiger partial charge on any atom is 0.265 e. The average molecular weight is 314 g/mol. The molecule has 0 aliphatic rings. The number of nitrogens with zero attached hydrogens (tertiary/aromatic N) is 3. The van der Waals surface area contributed by atoms with Crippen LogP contribution in [0.25, 0.3) is 0 Å². The van der Waals surface area contributed by atoms with Crippen LogP contribution in [0.3, 0.4) is 0 Å². The number of halogens is 1. The molecule has 0 unspecified atom stereocenters. The molecule has 0 saturated carbocycles. The molecule has 0 aromatic carbocycles. The molecule has 20 heavy (non-hydrogen) atoms. The minimum atomic E-state index is -3.82. The van der Waals surface area contributed by atoms with Gasteiger partial charge in [-0.05, 0) is 19.1 Å². The van der Waals surface area contributed by atoms with Gasteiger partial charge in [-0.15, -0.1) is 0 Å². The molecule has 9 heteroatoms. The highest BCUT2D eigenvalue weighted by molar-refractivity contribution is 7.92. The van der Waals surface area contributed by atoms with Gasteiger partial charge in [-0.1, -0.05) is 11.6 Å². The highest BCUT2D eigenvalue weighted by Crippen LogP contribution is 2.23. The van der Waals surface area contributed by atoms with Gasteiger partial charge in [0, 0.05) is 25.1 Å². The van der Waals surface area contributed by atoms with E-state index in [0.29, 0.717) is 12.4 Å². The zero-order valence-corrected chi connectivity index (χ0v) is 12.1. The van der Waals surface area contributed by atoms with Crippen LogP contribution in [0.5, 0.6) is 0 Å². The van der Waals surface area contributed by atoms with Crippen molar-refractivity contribution in [3.63, 3.8) is 0 Å². The fourth-order valence-corrected chi connectivity index (χ4v) is 2.62. The number of anilines is 2. The largest absolute Gasteiger partial charge is 0.369 e. The van der Waals surface area contributed by atoms with Crippen LogP contribution in [0.1, 0.15) is 6.92 Å². The Bertz CT molecular complexity index is 693. The van der Waals surface area contributed by atoms with E-state index in [1.54, 1.807) is 6.07 Å². The fraction of sp³-hybridized carbons (Fsp3) is 0.182. The van der Waals surface area contributed by atoms with Crippen LogP contribution < -0.4 is 10.0 Å². The topological polar surface area (TPSA) is 96.9 Å². The molecule has 0 saturated heterocycles. The van der Waals surface area contributed by atoms with Crippen LogP contribution in [0, 0.1) is 0 Å². The molecule has 2 rings (SSSR count). The molecule has 2 heterocycles. The summed E-state index contributed by atoms with van der Waals surface area (Å²) in [6.45, 7) is 2.52. The zero-order chi connectivity index (χ0) is 14.6. The first kappa shape index (κ1) is 14.5. The Labute approximate surface area is 121 Å². The number of aromatic nitrogens is 3. The van der Waals surface area contributed by atoms with Crippen LogP contribution in [-0.4, -0.2) is 29.9 Å². The molecule has 7 nitrogen and oxygen atoms in total. The van der Waals surface area contributed by atoms with Gasteiger partial charge in [0.05, 0.1) is 5.02 Å². The summed E-state index contributed by atoms with van der Waals surface area (Å²) in [5.74, 6) is 0.420. The molecular weight excluding hydrogens is 302 g/mol. The number of nitrogens with one attached hydrogen (secondary N) is 2. The summed E-state index contributed by atoms with van der Waals surface area (Å²) in [6.07, 6.45) is 4.09.